The Kier molecular flexibility index (Phi) is 3.68. The molecule has 1 aromatic rings. The van der Waals surface area contributed by atoms with Crippen LogP contribution in [0, 0.1) is 0 Å². The molecule has 1 amide bonds. The fourth-order valence-corrected chi connectivity index (χ4v) is 2.73. The lowest BCUT2D eigenvalue weighted by Gasteiger charge is -2.26. The first-order valence-electron chi connectivity index (χ1n) is 5.91. The van der Waals surface area contributed by atoms with Crippen LogP contribution in [0.15, 0.2) is 5.70 Å². The first-order chi connectivity index (χ1) is 8.91. The highest BCUT2D eigenvalue weighted by molar-refractivity contribution is 7.18. The normalized spacial score (nSPS) is 16.7. The van der Waals surface area contributed by atoms with E-state index in [-0.39, 0.29) is 11.9 Å². The Morgan fingerprint density at radius 2 is 2.00 bits per heavy atom. The fraction of sp³-hybridized carbons (Fsp3) is 0.417. The third kappa shape index (κ3) is 2.52. The number of rotatable bonds is 3. The van der Waals surface area contributed by atoms with Crippen molar-refractivity contribution in [3.8, 4) is 0 Å². The van der Waals surface area contributed by atoms with Gasteiger partial charge in [0.1, 0.15) is 4.88 Å². The molecule has 6 nitrogen and oxygen atoms in total. The van der Waals surface area contributed by atoms with E-state index in [2.05, 4.69) is 5.32 Å². The van der Waals surface area contributed by atoms with Gasteiger partial charge in [0.25, 0.3) is 5.91 Å². The monoisotopic (exact) mass is 282 g/mol. The van der Waals surface area contributed by atoms with Crippen LogP contribution >= 0.6 is 11.3 Å². The van der Waals surface area contributed by atoms with Crippen LogP contribution in [0.5, 0.6) is 0 Å². The number of hydrogen-bond acceptors (Lipinski definition) is 6. The molecule has 0 saturated carbocycles. The second-order valence-corrected chi connectivity index (χ2v) is 5.65. The van der Waals surface area contributed by atoms with Gasteiger partial charge in [-0.2, -0.15) is 0 Å². The van der Waals surface area contributed by atoms with Crippen LogP contribution in [0.4, 0.5) is 10.7 Å². The van der Waals surface area contributed by atoms with E-state index >= 15 is 0 Å². The molecule has 1 aliphatic heterocycles. The van der Waals surface area contributed by atoms with Crippen molar-refractivity contribution in [2.75, 3.05) is 24.7 Å². The van der Waals surface area contributed by atoms with Gasteiger partial charge in [0.2, 0.25) is 0 Å². The zero-order valence-corrected chi connectivity index (χ0v) is 11.8. The largest absolute Gasteiger partial charge is 0.402 e. The Hall–Kier alpha value is -1.73. The maximum Gasteiger partial charge on any atom is 0.263 e. The number of nitrogens with one attached hydrogen (secondary N) is 1. The van der Waals surface area contributed by atoms with Crippen molar-refractivity contribution in [2.45, 2.75) is 19.9 Å². The van der Waals surface area contributed by atoms with Crippen LogP contribution in [0.2, 0.25) is 0 Å². The quantitative estimate of drug-likeness (QED) is 0.653. The molecule has 7 heteroatoms. The molecule has 0 bridgehead atoms. The molecule has 0 unspecified atom stereocenters. The molecular weight excluding hydrogens is 264 g/mol. The van der Waals surface area contributed by atoms with Gasteiger partial charge in [0, 0.05) is 11.3 Å². The lowest BCUT2D eigenvalue weighted by atomic mass is 10.1. The van der Waals surface area contributed by atoms with E-state index < -0.39 is 0 Å². The molecule has 2 heterocycles. The molecule has 0 radical (unpaired) electrons. The number of carbonyl (C=O) groups excluding carboxylic acids is 1. The summed E-state index contributed by atoms with van der Waals surface area (Å²) >= 11 is 1.18. The van der Waals surface area contributed by atoms with E-state index in [0.29, 0.717) is 40.0 Å². The van der Waals surface area contributed by atoms with Crippen molar-refractivity contribution in [2.24, 2.45) is 5.73 Å². The number of ether oxygens (including phenoxy) is 1. The van der Waals surface area contributed by atoms with Gasteiger partial charge in [-0.1, -0.05) is 0 Å². The maximum atomic E-state index is 12.1. The summed E-state index contributed by atoms with van der Waals surface area (Å²) in [5, 5.41) is 3.35. The topological polar surface area (TPSA) is 116 Å². The predicted molar refractivity (Wildman–Crippen MR) is 77.7 cm³/mol. The van der Waals surface area contributed by atoms with Crippen LogP contribution in [0.1, 0.15) is 29.1 Å². The number of allylic oxidation sites excluding steroid dienone is 2. The van der Waals surface area contributed by atoms with Gasteiger partial charge in [-0.3, -0.25) is 4.79 Å². The highest BCUT2D eigenvalue weighted by Gasteiger charge is 2.25. The summed E-state index contributed by atoms with van der Waals surface area (Å²) in [5.41, 5.74) is 20.2. The molecule has 1 saturated heterocycles. The molecule has 0 aromatic carbocycles. The summed E-state index contributed by atoms with van der Waals surface area (Å²) in [7, 11) is 0. The van der Waals surface area contributed by atoms with Crippen molar-refractivity contribution in [3.63, 3.8) is 0 Å². The van der Waals surface area contributed by atoms with E-state index in [1.807, 2.05) is 6.92 Å². The minimum absolute atomic E-state index is 0.0616. The molecule has 0 atom stereocenters. The molecule has 1 fully saturated rings. The highest BCUT2D eigenvalue weighted by Crippen LogP contribution is 2.38. The molecule has 104 valence electrons. The minimum Gasteiger partial charge on any atom is -0.402 e. The van der Waals surface area contributed by atoms with Crippen molar-refractivity contribution >= 4 is 33.5 Å². The number of nitrogens with two attached hydrogens (primary N) is 3. The Morgan fingerprint density at radius 3 is 2.47 bits per heavy atom. The molecule has 0 aliphatic carbocycles. The average molecular weight is 282 g/mol. The minimum atomic E-state index is -0.212. The van der Waals surface area contributed by atoms with E-state index in [1.165, 1.54) is 11.3 Å². The smallest absolute Gasteiger partial charge is 0.263 e. The molecular formula is C12H18N4O2S. The van der Waals surface area contributed by atoms with Gasteiger partial charge < -0.3 is 27.3 Å². The third-order valence-corrected chi connectivity index (χ3v) is 4.15. The summed E-state index contributed by atoms with van der Waals surface area (Å²) in [6, 6.07) is 0.0616. The number of anilines is 2. The Morgan fingerprint density at radius 1 is 1.37 bits per heavy atom. The van der Waals surface area contributed by atoms with Crippen molar-refractivity contribution in [1.29, 1.82) is 0 Å². The second-order valence-electron chi connectivity index (χ2n) is 4.60. The number of hydrogen-bond donors (Lipinski definition) is 4. The number of carbonyl (C=O) groups is 1. The lowest BCUT2D eigenvalue weighted by Crippen LogP contribution is -2.48. The Labute approximate surface area is 115 Å². The van der Waals surface area contributed by atoms with Crippen LogP contribution in [-0.4, -0.2) is 25.2 Å². The summed E-state index contributed by atoms with van der Waals surface area (Å²) in [6.07, 6.45) is 0. The fourth-order valence-electron chi connectivity index (χ4n) is 1.78. The third-order valence-electron chi connectivity index (χ3n) is 3.12. The maximum absolute atomic E-state index is 12.1. The summed E-state index contributed by atoms with van der Waals surface area (Å²) in [5.74, 6) is -0.212. The van der Waals surface area contributed by atoms with Crippen LogP contribution in [-0.2, 0) is 4.74 Å². The van der Waals surface area contributed by atoms with Crippen molar-refractivity contribution in [1.82, 2.24) is 5.32 Å². The standard InChI is InChI=1S/C12H18N4O2S/c1-5(6(2)13)8-9(14)10(19-11(8)15)12(17)16-7-3-18-4-7/h7H,3-4,13-15H2,1-2H3,(H,16,17)/b6-5-. The highest BCUT2D eigenvalue weighted by atomic mass is 32.1. The second kappa shape index (κ2) is 5.10. The Balaban J connectivity index is 2.30. The summed E-state index contributed by atoms with van der Waals surface area (Å²) in [4.78, 5) is 12.5. The predicted octanol–water partition coefficient (Wildman–Crippen LogP) is 0.751. The first-order valence-corrected chi connectivity index (χ1v) is 6.73. The SMILES string of the molecule is C/C(N)=C(\C)c1c(N)sc(C(=O)NC2COC2)c1N. The summed E-state index contributed by atoms with van der Waals surface area (Å²) in [6.45, 7) is 4.70. The van der Waals surface area contributed by atoms with Gasteiger partial charge in [-0.25, -0.2) is 0 Å². The van der Waals surface area contributed by atoms with Gasteiger partial charge >= 0.3 is 0 Å². The van der Waals surface area contributed by atoms with E-state index in [4.69, 9.17) is 21.9 Å². The summed E-state index contributed by atoms with van der Waals surface area (Å²) < 4.78 is 5.01. The molecule has 0 spiro atoms. The molecule has 19 heavy (non-hydrogen) atoms. The number of amides is 1. The van der Waals surface area contributed by atoms with Crippen LogP contribution in [0.25, 0.3) is 5.57 Å². The molecule has 1 aromatic heterocycles. The van der Waals surface area contributed by atoms with Gasteiger partial charge in [0.15, 0.2) is 0 Å². The first kappa shape index (κ1) is 13.7. The molecule has 2 rings (SSSR count). The molecule has 7 N–H and O–H groups in total. The van der Waals surface area contributed by atoms with E-state index in [1.54, 1.807) is 6.92 Å². The van der Waals surface area contributed by atoms with Gasteiger partial charge in [-0.05, 0) is 19.4 Å². The number of nitrogen functional groups attached to an aromatic ring is 2. The zero-order chi connectivity index (χ0) is 14.2. The average Bonchev–Trinajstić information content (AvgIpc) is 2.58. The Bertz CT molecular complexity index is 542. The molecule has 1 aliphatic rings. The lowest BCUT2D eigenvalue weighted by molar-refractivity contribution is -0.00337. The number of thiophene rings is 1. The van der Waals surface area contributed by atoms with Gasteiger partial charge in [-0.15, -0.1) is 11.3 Å². The van der Waals surface area contributed by atoms with E-state index in [9.17, 15) is 4.79 Å². The van der Waals surface area contributed by atoms with Crippen molar-refractivity contribution < 1.29 is 9.53 Å². The van der Waals surface area contributed by atoms with Crippen LogP contribution < -0.4 is 22.5 Å². The van der Waals surface area contributed by atoms with Crippen LogP contribution in [0.3, 0.4) is 0 Å². The zero-order valence-electron chi connectivity index (χ0n) is 10.9. The van der Waals surface area contributed by atoms with E-state index in [0.717, 1.165) is 5.57 Å². The van der Waals surface area contributed by atoms with Crippen molar-refractivity contribution in [3.05, 3.63) is 16.1 Å². The van der Waals surface area contributed by atoms with Gasteiger partial charge in [0.05, 0.1) is 29.9 Å².